The molecule has 1 fully saturated rings. The van der Waals surface area contributed by atoms with Gasteiger partial charge in [0.1, 0.15) is 0 Å². The first kappa shape index (κ1) is 15.3. The molecule has 0 saturated heterocycles. The third-order valence-corrected chi connectivity index (χ3v) is 5.17. The lowest BCUT2D eigenvalue weighted by atomic mass is 10.0. The number of nitrogens with one attached hydrogen (secondary N) is 1. The number of rotatable bonds is 4. The number of halogens is 4. The Morgan fingerprint density at radius 2 is 1.95 bits per heavy atom. The van der Waals surface area contributed by atoms with E-state index in [1.807, 2.05) is 12.1 Å². The van der Waals surface area contributed by atoms with Crippen LogP contribution in [-0.2, 0) is 6.54 Å². The molecular formula is C16H13BrCl2FN. The molecule has 0 bridgehead atoms. The van der Waals surface area contributed by atoms with Gasteiger partial charge in [-0.15, -0.1) is 0 Å². The Bertz CT molecular complexity index is 686. The second-order valence-electron chi connectivity index (χ2n) is 5.18. The monoisotopic (exact) mass is 387 g/mol. The standard InChI is InChI=1S/C16H13BrCl2FN/c17-13-6-5-12(16(20)15(13)19)9-1-2-10(14(18)7-9)8-21-11-3-4-11/h1-2,5-7,11,21H,3-4,8H2. The van der Waals surface area contributed by atoms with Crippen molar-refractivity contribution in [1.29, 1.82) is 0 Å². The van der Waals surface area contributed by atoms with E-state index in [1.165, 1.54) is 12.8 Å². The molecule has 1 nitrogen and oxygen atoms in total. The second kappa shape index (κ2) is 6.25. The van der Waals surface area contributed by atoms with Gasteiger partial charge in [-0.1, -0.05) is 41.4 Å². The van der Waals surface area contributed by atoms with Crippen molar-refractivity contribution >= 4 is 39.1 Å². The summed E-state index contributed by atoms with van der Waals surface area (Å²) in [6, 6.07) is 9.65. The van der Waals surface area contributed by atoms with Crippen LogP contribution in [0.5, 0.6) is 0 Å². The fourth-order valence-corrected chi connectivity index (χ4v) is 2.87. The van der Waals surface area contributed by atoms with Gasteiger partial charge in [-0.25, -0.2) is 4.39 Å². The van der Waals surface area contributed by atoms with E-state index >= 15 is 0 Å². The second-order valence-corrected chi connectivity index (χ2v) is 6.82. The van der Waals surface area contributed by atoms with Crippen LogP contribution in [0.3, 0.4) is 0 Å². The molecule has 0 aromatic heterocycles. The van der Waals surface area contributed by atoms with E-state index in [-0.39, 0.29) is 5.02 Å². The average molecular weight is 389 g/mol. The first-order valence-electron chi connectivity index (χ1n) is 6.72. The molecule has 2 aromatic carbocycles. The summed E-state index contributed by atoms with van der Waals surface area (Å²) < 4.78 is 14.8. The summed E-state index contributed by atoms with van der Waals surface area (Å²) in [6.07, 6.45) is 2.47. The fourth-order valence-electron chi connectivity index (χ4n) is 2.15. The third-order valence-electron chi connectivity index (χ3n) is 3.56. The van der Waals surface area contributed by atoms with Crippen LogP contribution in [0.1, 0.15) is 18.4 Å². The summed E-state index contributed by atoms with van der Waals surface area (Å²) in [6.45, 7) is 0.743. The van der Waals surface area contributed by atoms with Crippen LogP contribution >= 0.6 is 39.1 Å². The van der Waals surface area contributed by atoms with Crippen LogP contribution in [0.4, 0.5) is 4.39 Å². The largest absolute Gasteiger partial charge is 0.310 e. The van der Waals surface area contributed by atoms with Gasteiger partial charge < -0.3 is 5.32 Å². The molecule has 0 heterocycles. The molecule has 1 N–H and O–H groups in total. The van der Waals surface area contributed by atoms with Crippen molar-refractivity contribution in [3.63, 3.8) is 0 Å². The molecule has 1 saturated carbocycles. The summed E-state index contributed by atoms with van der Waals surface area (Å²) in [7, 11) is 0. The van der Waals surface area contributed by atoms with Gasteiger partial charge in [-0.05, 0) is 52.0 Å². The van der Waals surface area contributed by atoms with E-state index < -0.39 is 5.82 Å². The van der Waals surface area contributed by atoms with Gasteiger partial charge in [0.15, 0.2) is 5.82 Å². The number of hydrogen-bond donors (Lipinski definition) is 1. The minimum absolute atomic E-state index is 0.0862. The Kier molecular flexibility index (Phi) is 4.55. The molecule has 0 spiro atoms. The minimum Gasteiger partial charge on any atom is -0.310 e. The minimum atomic E-state index is -0.439. The van der Waals surface area contributed by atoms with Crippen molar-refractivity contribution < 1.29 is 4.39 Å². The summed E-state index contributed by atoms with van der Waals surface area (Å²) >= 11 is 15.4. The zero-order valence-corrected chi connectivity index (χ0v) is 14.2. The van der Waals surface area contributed by atoms with Crippen LogP contribution in [0.25, 0.3) is 11.1 Å². The van der Waals surface area contributed by atoms with Gasteiger partial charge in [-0.2, -0.15) is 0 Å². The Morgan fingerprint density at radius 1 is 1.19 bits per heavy atom. The number of benzene rings is 2. The van der Waals surface area contributed by atoms with Crippen LogP contribution in [0.15, 0.2) is 34.8 Å². The van der Waals surface area contributed by atoms with Crippen LogP contribution in [0, 0.1) is 5.82 Å². The summed E-state index contributed by atoms with van der Waals surface area (Å²) in [5, 5.41) is 4.14. The summed E-state index contributed by atoms with van der Waals surface area (Å²) in [5.41, 5.74) is 2.20. The molecule has 0 radical (unpaired) electrons. The topological polar surface area (TPSA) is 12.0 Å². The van der Waals surface area contributed by atoms with Gasteiger partial charge >= 0.3 is 0 Å². The van der Waals surface area contributed by atoms with E-state index in [1.54, 1.807) is 18.2 Å². The Balaban J connectivity index is 1.89. The van der Waals surface area contributed by atoms with Crippen molar-refractivity contribution in [2.75, 3.05) is 0 Å². The van der Waals surface area contributed by atoms with Gasteiger partial charge in [0.25, 0.3) is 0 Å². The van der Waals surface area contributed by atoms with Crippen LogP contribution in [-0.4, -0.2) is 6.04 Å². The molecule has 0 aliphatic heterocycles. The predicted octanol–water partition coefficient (Wildman–Crippen LogP) is 5.81. The van der Waals surface area contributed by atoms with Crippen molar-refractivity contribution in [1.82, 2.24) is 5.32 Å². The SMILES string of the molecule is Fc1c(-c2ccc(CNC3CC3)c(Cl)c2)ccc(Br)c1Cl. The van der Waals surface area contributed by atoms with E-state index in [2.05, 4.69) is 21.2 Å². The highest BCUT2D eigenvalue weighted by Crippen LogP contribution is 2.34. The molecule has 3 rings (SSSR count). The van der Waals surface area contributed by atoms with E-state index in [9.17, 15) is 4.39 Å². The van der Waals surface area contributed by atoms with Gasteiger partial charge in [0, 0.05) is 27.6 Å². The highest BCUT2D eigenvalue weighted by molar-refractivity contribution is 9.10. The van der Waals surface area contributed by atoms with Crippen LogP contribution in [0.2, 0.25) is 10.0 Å². The molecular weight excluding hydrogens is 376 g/mol. The smallest absolute Gasteiger partial charge is 0.150 e. The lowest BCUT2D eigenvalue weighted by Crippen LogP contribution is -2.15. The first-order chi connectivity index (χ1) is 10.1. The zero-order valence-electron chi connectivity index (χ0n) is 11.1. The Morgan fingerprint density at radius 3 is 2.62 bits per heavy atom. The van der Waals surface area contributed by atoms with Crippen molar-refractivity contribution in [2.24, 2.45) is 0 Å². The van der Waals surface area contributed by atoms with Gasteiger partial charge in [0.05, 0.1) is 5.02 Å². The molecule has 110 valence electrons. The fraction of sp³-hybridized carbons (Fsp3) is 0.250. The predicted molar refractivity (Wildman–Crippen MR) is 89.4 cm³/mol. The maximum absolute atomic E-state index is 14.2. The Hall–Kier alpha value is -0.610. The lowest BCUT2D eigenvalue weighted by molar-refractivity contribution is 0.631. The van der Waals surface area contributed by atoms with Crippen LogP contribution < -0.4 is 5.32 Å². The normalized spacial score (nSPS) is 14.5. The number of hydrogen-bond acceptors (Lipinski definition) is 1. The molecule has 1 aliphatic carbocycles. The molecule has 5 heteroatoms. The van der Waals surface area contributed by atoms with Crippen molar-refractivity contribution in [3.05, 3.63) is 56.2 Å². The molecule has 2 aromatic rings. The first-order valence-corrected chi connectivity index (χ1v) is 8.27. The Labute approximate surface area is 141 Å². The molecule has 1 aliphatic rings. The molecule has 0 unspecified atom stereocenters. The maximum atomic E-state index is 14.2. The zero-order chi connectivity index (χ0) is 15.0. The summed E-state index contributed by atoms with van der Waals surface area (Å²) in [5.74, 6) is -0.439. The van der Waals surface area contributed by atoms with Crippen molar-refractivity contribution in [3.8, 4) is 11.1 Å². The highest BCUT2D eigenvalue weighted by atomic mass is 79.9. The molecule has 21 heavy (non-hydrogen) atoms. The van der Waals surface area contributed by atoms with E-state index in [4.69, 9.17) is 23.2 Å². The summed E-state index contributed by atoms with van der Waals surface area (Å²) in [4.78, 5) is 0. The quantitative estimate of drug-likeness (QED) is 0.651. The maximum Gasteiger partial charge on any atom is 0.150 e. The highest BCUT2D eigenvalue weighted by Gasteiger charge is 2.20. The van der Waals surface area contributed by atoms with E-state index in [0.717, 1.165) is 17.7 Å². The van der Waals surface area contributed by atoms with Crippen molar-refractivity contribution in [2.45, 2.75) is 25.4 Å². The average Bonchev–Trinajstić information content (AvgIpc) is 3.28. The third kappa shape index (κ3) is 3.42. The van der Waals surface area contributed by atoms with Gasteiger partial charge in [-0.3, -0.25) is 0 Å². The molecule has 0 atom stereocenters. The molecule has 0 amide bonds. The lowest BCUT2D eigenvalue weighted by Gasteiger charge is -2.10. The van der Waals surface area contributed by atoms with Gasteiger partial charge in [0.2, 0.25) is 0 Å². The van der Waals surface area contributed by atoms with E-state index in [0.29, 0.717) is 21.1 Å².